The number of hydrogen-bond acceptors (Lipinski definition) is 4. The standard InChI is InChI=1S/C15H22N2O3/c1-3-4-11(2)20-15-8-7-14(17(18)19)9-12(15)10-16-13-5-6-13/h7-9,11,13,16H,3-6,10H2,1-2H3. The van der Waals surface area contributed by atoms with Crippen LogP contribution in [0.25, 0.3) is 0 Å². The van der Waals surface area contributed by atoms with Crippen LogP contribution >= 0.6 is 0 Å². The molecule has 0 saturated heterocycles. The van der Waals surface area contributed by atoms with E-state index in [2.05, 4.69) is 12.2 Å². The molecule has 0 radical (unpaired) electrons. The van der Waals surface area contributed by atoms with E-state index in [1.54, 1.807) is 12.1 Å². The molecule has 1 unspecified atom stereocenters. The lowest BCUT2D eigenvalue weighted by Gasteiger charge is -2.17. The first-order chi connectivity index (χ1) is 9.60. The number of nitrogens with zero attached hydrogens (tertiary/aromatic N) is 1. The Labute approximate surface area is 119 Å². The fraction of sp³-hybridized carbons (Fsp3) is 0.600. The number of nitro groups is 1. The van der Waals surface area contributed by atoms with E-state index < -0.39 is 0 Å². The van der Waals surface area contributed by atoms with Crippen molar-refractivity contribution >= 4 is 5.69 Å². The molecule has 1 aromatic rings. The van der Waals surface area contributed by atoms with E-state index in [-0.39, 0.29) is 16.7 Å². The quantitative estimate of drug-likeness (QED) is 0.584. The van der Waals surface area contributed by atoms with Gasteiger partial charge in [0.2, 0.25) is 0 Å². The number of nitro benzene ring substituents is 1. The van der Waals surface area contributed by atoms with E-state index in [0.29, 0.717) is 12.6 Å². The Hall–Kier alpha value is -1.62. The van der Waals surface area contributed by atoms with Crippen molar-refractivity contribution in [1.82, 2.24) is 5.32 Å². The predicted molar refractivity (Wildman–Crippen MR) is 78.0 cm³/mol. The minimum atomic E-state index is -0.361. The molecule has 1 atom stereocenters. The fourth-order valence-corrected chi connectivity index (χ4v) is 2.16. The van der Waals surface area contributed by atoms with Crippen LogP contribution in [0.15, 0.2) is 18.2 Å². The summed E-state index contributed by atoms with van der Waals surface area (Å²) in [5.41, 5.74) is 0.988. The van der Waals surface area contributed by atoms with Crippen LogP contribution in [0, 0.1) is 10.1 Å². The van der Waals surface area contributed by atoms with Crippen LogP contribution in [0.1, 0.15) is 45.1 Å². The highest BCUT2D eigenvalue weighted by molar-refractivity contribution is 5.44. The molecule has 1 aromatic carbocycles. The summed E-state index contributed by atoms with van der Waals surface area (Å²) in [6, 6.07) is 5.40. The second-order valence-electron chi connectivity index (χ2n) is 5.42. The van der Waals surface area contributed by atoms with Crippen molar-refractivity contribution in [3.8, 4) is 5.75 Å². The molecular weight excluding hydrogens is 256 g/mol. The maximum atomic E-state index is 10.9. The van der Waals surface area contributed by atoms with Crippen molar-refractivity contribution in [2.45, 2.75) is 58.2 Å². The van der Waals surface area contributed by atoms with Crippen LogP contribution in [0.4, 0.5) is 5.69 Å². The summed E-state index contributed by atoms with van der Waals surface area (Å²) >= 11 is 0. The van der Waals surface area contributed by atoms with Gasteiger partial charge in [0.15, 0.2) is 0 Å². The minimum absolute atomic E-state index is 0.119. The molecule has 1 aliphatic carbocycles. The monoisotopic (exact) mass is 278 g/mol. The SMILES string of the molecule is CCCC(C)Oc1ccc([N+](=O)[O-])cc1CNC1CC1. The van der Waals surface area contributed by atoms with Gasteiger partial charge in [-0.15, -0.1) is 0 Å². The molecule has 2 rings (SSSR count). The molecule has 110 valence electrons. The van der Waals surface area contributed by atoms with Crippen molar-refractivity contribution in [2.75, 3.05) is 0 Å². The smallest absolute Gasteiger partial charge is 0.270 e. The Balaban J connectivity index is 2.11. The topological polar surface area (TPSA) is 64.4 Å². The molecule has 20 heavy (non-hydrogen) atoms. The second kappa shape index (κ2) is 6.70. The second-order valence-corrected chi connectivity index (χ2v) is 5.42. The largest absolute Gasteiger partial charge is 0.490 e. The average molecular weight is 278 g/mol. The summed E-state index contributed by atoms with van der Waals surface area (Å²) in [4.78, 5) is 10.5. The Kier molecular flexibility index (Phi) is 4.95. The van der Waals surface area contributed by atoms with Crippen LogP contribution in [0.2, 0.25) is 0 Å². The van der Waals surface area contributed by atoms with E-state index in [0.717, 1.165) is 24.2 Å². The molecule has 0 aliphatic heterocycles. The molecule has 1 N–H and O–H groups in total. The van der Waals surface area contributed by atoms with E-state index in [1.165, 1.54) is 18.9 Å². The van der Waals surface area contributed by atoms with Gasteiger partial charge >= 0.3 is 0 Å². The van der Waals surface area contributed by atoms with Crippen molar-refractivity contribution in [3.63, 3.8) is 0 Å². The molecule has 1 saturated carbocycles. The van der Waals surface area contributed by atoms with E-state index >= 15 is 0 Å². The van der Waals surface area contributed by atoms with Gasteiger partial charge in [-0.25, -0.2) is 0 Å². The molecule has 1 fully saturated rings. The summed E-state index contributed by atoms with van der Waals surface area (Å²) in [5, 5.41) is 14.3. The zero-order chi connectivity index (χ0) is 14.5. The van der Waals surface area contributed by atoms with Gasteiger partial charge in [-0.1, -0.05) is 13.3 Å². The lowest BCUT2D eigenvalue weighted by atomic mass is 10.1. The molecule has 0 spiro atoms. The fourth-order valence-electron chi connectivity index (χ4n) is 2.16. The minimum Gasteiger partial charge on any atom is -0.490 e. The molecule has 0 heterocycles. The Morgan fingerprint density at radius 3 is 2.85 bits per heavy atom. The lowest BCUT2D eigenvalue weighted by Crippen LogP contribution is -2.18. The lowest BCUT2D eigenvalue weighted by molar-refractivity contribution is -0.384. The summed E-state index contributed by atoms with van der Waals surface area (Å²) in [6.07, 6.45) is 4.55. The van der Waals surface area contributed by atoms with E-state index in [4.69, 9.17) is 4.74 Å². The van der Waals surface area contributed by atoms with Crippen molar-refractivity contribution in [3.05, 3.63) is 33.9 Å². The number of nitrogens with one attached hydrogen (secondary N) is 1. The summed E-state index contributed by atoms with van der Waals surface area (Å²) in [6.45, 7) is 4.77. The normalized spacial score (nSPS) is 15.9. The van der Waals surface area contributed by atoms with Gasteiger partial charge in [0.25, 0.3) is 5.69 Å². The van der Waals surface area contributed by atoms with E-state index in [9.17, 15) is 10.1 Å². The summed E-state index contributed by atoms with van der Waals surface area (Å²) < 4.78 is 5.91. The molecule has 0 amide bonds. The number of hydrogen-bond donors (Lipinski definition) is 1. The highest BCUT2D eigenvalue weighted by Gasteiger charge is 2.21. The Morgan fingerprint density at radius 1 is 1.50 bits per heavy atom. The Bertz CT molecular complexity index is 472. The first-order valence-electron chi connectivity index (χ1n) is 7.27. The molecule has 5 heteroatoms. The van der Waals surface area contributed by atoms with Gasteiger partial charge in [0.05, 0.1) is 11.0 Å². The highest BCUT2D eigenvalue weighted by atomic mass is 16.6. The number of benzene rings is 1. The third-order valence-electron chi connectivity index (χ3n) is 3.44. The van der Waals surface area contributed by atoms with Crippen molar-refractivity contribution in [1.29, 1.82) is 0 Å². The van der Waals surface area contributed by atoms with Gasteiger partial charge < -0.3 is 10.1 Å². The zero-order valence-electron chi connectivity index (χ0n) is 12.1. The molecular formula is C15H22N2O3. The van der Waals surface area contributed by atoms with E-state index in [1.807, 2.05) is 6.92 Å². The maximum absolute atomic E-state index is 10.9. The van der Waals surface area contributed by atoms with Crippen molar-refractivity contribution in [2.24, 2.45) is 0 Å². The average Bonchev–Trinajstić information content (AvgIpc) is 3.21. The van der Waals surface area contributed by atoms with Gasteiger partial charge in [0, 0.05) is 30.3 Å². The van der Waals surface area contributed by atoms with Crippen LogP contribution in [0.3, 0.4) is 0 Å². The highest BCUT2D eigenvalue weighted by Crippen LogP contribution is 2.27. The molecule has 0 aromatic heterocycles. The van der Waals surface area contributed by atoms with Gasteiger partial charge in [-0.3, -0.25) is 10.1 Å². The third-order valence-corrected chi connectivity index (χ3v) is 3.44. The zero-order valence-corrected chi connectivity index (χ0v) is 12.1. The van der Waals surface area contributed by atoms with Crippen LogP contribution in [-0.2, 0) is 6.54 Å². The number of rotatable bonds is 8. The van der Waals surface area contributed by atoms with Crippen LogP contribution in [-0.4, -0.2) is 17.1 Å². The first-order valence-corrected chi connectivity index (χ1v) is 7.27. The van der Waals surface area contributed by atoms with Crippen molar-refractivity contribution < 1.29 is 9.66 Å². The van der Waals surface area contributed by atoms with Crippen LogP contribution < -0.4 is 10.1 Å². The number of ether oxygens (including phenoxy) is 1. The van der Waals surface area contributed by atoms with Gasteiger partial charge in [-0.05, 0) is 32.3 Å². The third kappa shape index (κ3) is 4.20. The first kappa shape index (κ1) is 14.8. The maximum Gasteiger partial charge on any atom is 0.270 e. The van der Waals surface area contributed by atoms with Gasteiger partial charge in [0.1, 0.15) is 5.75 Å². The Morgan fingerprint density at radius 2 is 2.25 bits per heavy atom. The van der Waals surface area contributed by atoms with Crippen LogP contribution in [0.5, 0.6) is 5.75 Å². The summed E-state index contributed by atoms with van der Waals surface area (Å²) in [7, 11) is 0. The molecule has 0 bridgehead atoms. The summed E-state index contributed by atoms with van der Waals surface area (Å²) in [5.74, 6) is 0.754. The van der Waals surface area contributed by atoms with Gasteiger partial charge in [-0.2, -0.15) is 0 Å². The number of non-ortho nitro benzene ring substituents is 1. The molecule has 5 nitrogen and oxygen atoms in total. The predicted octanol–water partition coefficient (Wildman–Crippen LogP) is 3.41. The molecule has 1 aliphatic rings.